The lowest BCUT2D eigenvalue weighted by molar-refractivity contribution is 0.0468. The third kappa shape index (κ3) is 4.49. The Hall–Kier alpha value is -3.26. The number of carbonyl (C=O) groups excluding carboxylic acids is 3. The Morgan fingerprint density at radius 3 is 2.40 bits per heavy atom. The Labute approximate surface area is 178 Å². The van der Waals surface area contributed by atoms with E-state index in [4.69, 9.17) is 9.47 Å². The van der Waals surface area contributed by atoms with E-state index in [0.29, 0.717) is 21.8 Å². The summed E-state index contributed by atoms with van der Waals surface area (Å²) in [4.78, 5) is 44.1. The molecule has 0 amide bonds. The van der Waals surface area contributed by atoms with Crippen molar-refractivity contribution in [3.8, 4) is 10.6 Å². The van der Waals surface area contributed by atoms with Crippen LogP contribution in [0.3, 0.4) is 0 Å². The number of benzene rings is 1. The second-order valence-electron chi connectivity index (χ2n) is 6.75. The first-order valence-corrected chi connectivity index (χ1v) is 10.3. The van der Waals surface area contributed by atoms with Crippen LogP contribution in [-0.4, -0.2) is 40.9 Å². The van der Waals surface area contributed by atoms with Gasteiger partial charge in [-0.05, 0) is 33.3 Å². The quantitative estimate of drug-likeness (QED) is 0.447. The van der Waals surface area contributed by atoms with Crippen LogP contribution in [0, 0.1) is 20.8 Å². The van der Waals surface area contributed by atoms with Gasteiger partial charge in [0, 0.05) is 22.2 Å². The molecule has 0 bridgehead atoms. The summed E-state index contributed by atoms with van der Waals surface area (Å²) in [7, 11) is 0. The molecule has 0 saturated heterocycles. The Morgan fingerprint density at radius 2 is 1.73 bits per heavy atom. The number of hydrogen-bond donors (Lipinski definition) is 1. The van der Waals surface area contributed by atoms with E-state index in [2.05, 4.69) is 9.97 Å². The second-order valence-corrected chi connectivity index (χ2v) is 7.61. The number of Topliss-reactive ketones (excluding diaryl/α,β-unsaturated/α-hetero) is 1. The van der Waals surface area contributed by atoms with Gasteiger partial charge in [-0.15, -0.1) is 11.3 Å². The van der Waals surface area contributed by atoms with Gasteiger partial charge >= 0.3 is 11.9 Å². The zero-order valence-electron chi connectivity index (χ0n) is 17.2. The average Bonchev–Trinajstić information content (AvgIpc) is 3.31. The number of H-pyrrole nitrogens is 1. The van der Waals surface area contributed by atoms with Gasteiger partial charge in [0.2, 0.25) is 5.78 Å². The number of ether oxygens (including phenoxy) is 2. The Kier molecular flexibility index (Phi) is 6.47. The van der Waals surface area contributed by atoms with Gasteiger partial charge in [0.05, 0.1) is 6.61 Å². The first-order valence-electron chi connectivity index (χ1n) is 9.41. The van der Waals surface area contributed by atoms with Crippen LogP contribution in [0.15, 0.2) is 29.6 Å². The molecule has 0 spiro atoms. The van der Waals surface area contributed by atoms with Crippen LogP contribution in [0.1, 0.15) is 55.1 Å². The highest BCUT2D eigenvalue weighted by molar-refractivity contribution is 7.13. The highest BCUT2D eigenvalue weighted by Crippen LogP contribution is 2.24. The Morgan fingerprint density at radius 1 is 1.03 bits per heavy atom. The fourth-order valence-electron chi connectivity index (χ4n) is 3.05. The molecule has 7 nitrogen and oxygen atoms in total. The summed E-state index contributed by atoms with van der Waals surface area (Å²) in [5.74, 6) is -1.60. The molecule has 0 aliphatic heterocycles. The van der Waals surface area contributed by atoms with Crippen molar-refractivity contribution in [1.29, 1.82) is 0 Å². The summed E-state index contributed by atoms with van der Waals surface area (Å²) in [6.45, 7) is 6.82. The topological polar surface area (TPSA) is 98.4 Å². The lowest BCUT2D eigenvalue weighted by Gasteiger charge is -2.04. The smallest absolute Gasteiger partial charge is 0.358 e. The highest BCUT2D eigenvalue weighted by Gasteiger charge is 2.24. The minimum atomic E-state index is -0.672. The molecule has 0 aliphatic carbocycles. The summed E-state index contributed by atoms with van der Waals surface area (Å²) in [5.41, 5.74) is 3.74. The molecule has 3 aromatic rings. The molecule has 2 aromatic heterocycles. The lowest BCUT2D eigenvalue weighted by Crippen LogP contribution is -2.16. The van der Waals surface area contributed by atoms with Gasteiger partial charge in [0.25, 0.3) is 0 Å². The maximum Gasteiger partial charge on any atom is 0.358 e. The van der Waals surface area contributed by atoms with Crippen LogP contribution in [0.5, 0.6) is 0 Å². The summed E-state index contributed by atoms with van der Waals surface area (Å²) in [6, 6.07) is 7.82. The summed E-state index contributed by atoms with van der Waals surface area (Å²) in [6.07, 6.45) is 0. The molecule has 3 rings (SSSR count). The molecular formula is C22H22N2O5S. The van der Waals surface area contributed by atoms with Crippen LogP contribution in [0.2, 0.25) is 0 Å². The minimum absolute atomic E-state index is 0.151. The number of nitrogens with one attached hydrogen (secondary N) is 1. The Bertz CT molecular complexity index is 1100. The fourth-order valence-corrected chi connectivity index (χ4v) is 3.84. The standard InChI is InChI=1S/C22H22N2O5S/c1-5-28-22(27)19-13(3)18(14(4)23-19)17(25)10-29-21(26)16-11-30-20(24-16)15-8-6-12(2)7-9-15/h6-9,11,23H,5,10H2,1-4H3. The van der Waals surface area contributed by atoms with Crippen molar-refractivity contribution < 1.29 is 23.9 Å². The van der Waals surface area contributed by atoms with E-state index in [9.17, 15) is 14.4 Å². The average molecular weight is 426 g/mol. The van der Waals surface area contributed by atoms with Crippen LogP contribution in [0.4, 0.5) is 0 Å². The molecule has 0 saturated carbocycles. The van der Waals surface area contributed by atoms with Gasteiger partial charge < -0.3 is 14.5 Å². The summed E-state index contributed by atoms with van der Waals surface area (Å²) in [5, 5.41) is 2.30. The number of ketones is 1. The first kappa shape index (κ1) is 21.4. The van der Waals surface area contributed by atoms with Crippen molar-refractivity contribution in [2.45, 2.75) is 27.7 Å². The monoisotopic (exact) mass is 426 g/mol. The number of aromatic amines is 1. The zero-order valence-corrected chi connectivity index (χ0v) is 18.0. The predicted molar refractivity (Wildman–Crippen MR) is 113 cm³/mol. The molecule has 1 aromatic carbocycles. The first-order chi connectivity index (χ1) is 14.3. The predicted octanol–water partition coefficient (Wildman–Crippen LogP) is 4.28. The van der Waals surface area contributed by atoms with Gasteiger partial charge in [-0.3, -0.25) is 4.79 Å². The number of nitrogens with zero attached hydrogens (tertiary/aromatic N) is 1. The number of rotatable bonds is 7. The molecule has 0 aliphatic rings. The van der Waals surface area contributed by atoms with Crippen molar-refractivity contribution in [3.05, 3.63) is 63.4 Å². The van der Waals surface area contributed by atoms with Crippen LogP contribution >= 0.6 is 11.3 Å². The van der Waals surface area contributed by atoms with E-state index in [1.165, 1.54) is 11.3 Å². The largest absolute Gasteiger partial charge is 0.461 e. The molecule has 156 valence electrons. The third-order valence-electron chi connectivity index (χ3n) is 4.54. The lowest BCUT2D eigenvalue weighted by atomic mass is 10.1. The number of aromatic nitrogens is 2. The molecule has 0 unspecified atom stereocenters. The van der Waals surface area contributed by atoms with Gasteiger partial charge in [-0.2, -0.15) is 0 Å². The highest BCUT2D eigenvalue weighted by atomic mass is 32.1. The number of esters is 2. The molecule has 0 atom stereocenters. The normalized spacial score (nSPS) is 10.7. The molecular weight excluding hydrogens is 404 g/mol. The minimum Gasteiger partial charge on any atom is -0.461 e. The number of thiazole rings is 1. The molecule has 0 fully saturated rings. The van der Waals surface area contributed by atoms with Crippen LogP contribution < -0.4 is 0 Å². The van der Waals surface area contributed by atoms with Crippen molar-refractivity contribution >= 4 is 29.1 Å². The third-order valence-corrected chi connectivity index (χ3v) is 5.43. The van der Waals surface area contributed by atoms with E-state index in [1.807, 2.05) is 31.2 Å². The SMILES string of the molecule is CCOC(=O)c1[nH]c(C)c(C(=O)COC(=O)c2csc(-c3ccc(C)cc3)n2)c1C. The van der Waals surface area contributed by atoms with Gasteiger partial charge in [-0.1, -0.05) is 29.8 Å². The van der Waals surface area contributed by atoms with Crippen molar-refractivity contribution in [1.82, 2.24) is 9.97 Å². The summed E-state index contributed by atoms with van der Waals surface area (Å²) < 4.78 is 10.1. The molecule has 1 N–H and O–H groups in total. The zero-order chi connectivity index (χ0) is 21.8. The Balaban J connectivity index is 1.67. The molecule has 0 radical (unpaired) electrons. The van der Waals surface area contributed by atoms with Crippen LogP contribution in [0.25, 0.3) is 10.6 Å². The van der Waals surface area contributed by atoms with Crippen molar-refractivity contribution in [2.24, 2.45) is 0 Å². The van der Waals surface area contributed by atoms with Gasteiger partial charge in [0.1, 0.15) is 10.7 Å². The maximum atomic E-state index is 12.6. The number of carbonyl (C=O) groups is 3. The summed E-state index contributed by atoms with van der Waals surface area (Å²) >= 11 is 1.33. The van der Waals surface area contributed by atoms with Gasteiger partial charge in [0.15, 0.2) is 12.3 Å². The van der Waals surface area contributed by atoms with E-state index >= 15 is 0 Å². The van der Waals surface area contributed by atoms with E-state index < -0.39 is 24.3 Å². The molecule has 8 heteroatoms. The number of aryl methyl sites for hydroxylation is 2. The molecule has 30 heavy (non-hydrogen) atoms. The fraction of sp³-hybridized carbons (Fsp3) is 0.273. The van der Waals surface area contributed by atoms with E-state index in [0.717, 1.165) is 11.1 Å². The van der Waals surface area contributed by atoms with E-state index in [-0.39, 0.29) is 18.0 Å². The molecule has 2 heterocycles. The van der Waals surface area contributed by atoms with Crippen molar-refractivity contribution in [2.75, 3.05) is 13.2 Å². The van der Waals surface area contributed by atoms with Crippen LogP contribution in [-0.2, 0) is 9.47 Å². The van der Waals surface area contributed by atoms with Crippen molar-refractivity contribution in [3.63, 3.8) is 0 Å². The number of hydrogen-bond acceptors (Lipinski definition) is 7. The van der Waals surface area contributed by atoms with Gasteiger partial charge in [-0.25, -0.2) is 14.6 Å². The maximum absolute atomic E-state index is 12.6. The second kappa shape index (κ2) is 9.04. The van der Waals surface area contributed by atoms with E-state index in [1.54, 1.807) is 26.2 Å².